The Morgan fingerprint density at radius 1 is 1.32 bits per heavy atom. The van der Waals surface area contributed by atoms with Crippen molar-refractivity contribution in [2.75, 3.05) is 20.1 Å². The summed E-state index contributed by atoms with van der Waals surface area (Å²) in [5.74, 6) is -0.178. The first-order valence-electron chi connectivity index (χ1n) is 10.3. The fourth-order valence-electron chi connectivity index (χ4n) is 3.32. The summed E-state index contributed by atoms with van der Waals surface area (Å²) in [7, 11) is 3.87. The predicted molar refractivity (Wildman–Crippen MR) is 133 cm³/mol. The van der Waals surface area contributed by atoms with Gasteiger partial charge in [0, 0.05) is 38.9 Å². The number of primary amides is 1. The van der Waals surface area contributed by atoms with Gasteiger partial charge in [-0.15, -0.1) is 24.0 Å². The van der Waals surface area contributed by atoms with E-state index in [-0.39, 0.29) is 36.3 Å². The number of rotatable bonds is 9. The highest BCUT2D eigenvalue weighted by molar-refractivity contribution is 14.0. The monoisotopic (exact) mass is 544 g/mol. The van der Waals surface area contributed by atoms with Crippen molar-refractivity contribution in [1.29, 1.82) is 0 Å². The number of carbonyl (C=O) groups is 1. The Bertz CT molecular complexity index is 865. The minimum absolute atomic E-state index is 0. The average Bonchev–Trinajstić information content (AvgIpc) is 3.05. The Kier molecular flexibility index (Phi) is 10.9. The number of benzene rings is 1. The van der Waals surface area contributed by atoms with Crippen LogP contribution in [-0.4, -0.2) is 46.7 Å². The normalized spacial score (nSPS) is 12.4. The van der Waals surface area contributed by atoms with Gasteiger partial charge in [-0.25, -0.2) is 4.39 Å². The van der Waals surface area contributed by atoms with Crippen LogP contribution in [0.25, 0.3) is 0 Å². The average molecular weight is 544 g/mol. The minimum Gasteiger partial charge on any atom is -0.369 e. The van der Waals surface area contributed by atoms with Crippen molar-refractivity contribution < 1.29 is 9.18 Å². The molecule has 1 aromatic heterocycles. The van der Waals surface area contributed by atoms with Crippen molar-refractivity contribution in [3.05, 3.63) is 53.1 Å². The lowest BCUT2D eigenvalue weighted by Crippen LogP contribution is -2.39. The van der Waals surface area contributed by atoms with Crippen molar-refractivity contribution in [3.8, 4) is 0 Å². The van der Waals surface area contributed by atoms with E-state index in [1.807, 2.05) is 36.8 Å². The summed E-state index contributed by atoms with van der Waals surface area (Å²) in [6.45, 7) is 7.84. The van der Waals surface area contributed by atoms with Crippen LogP contribution in [-0.2, 0) is 24.8 Å². The Hall–Kier alpha value is -2.17. The van der Waals surface area contributed by atoms with Crippen molar-refractivity contribution in [3.63, 3.8) is 0 Å². The largest absolute Gasteiger partial charge is 0.369 e. The topological polar surface area (TPSA) is 88.5 Å². The lowest BCUT2D eigenvalue weighted by molar-refractivity contribution is -0.121. The van der Waals surface area contributed by atoms with E-state index in [0.29, 0.717) is 31.4 Å². The number of nitrogens with two attached hydrogens (primary N) is 1. The molecule has 1 unspecified atom stereocenters. The van der Waals surface area contributed by atoms with Gasteiger partial charge in [0.2, 0.25) is 5.91 Å². The van der Waals surface area contributed by atoms with Gasteiger partial charge in [0.1, 0.15) is 5.82 Å². The summed E-state index contributed by atoms with van der Waals surface area (Å²) in [4.78, 5) is 18.6. The van der Waals surface area contributed by atoms with Crippen LogP contribution in [0.3, 0.4) is 0 Å². The standard InChI is InChI=1S/C22H33FN6O.HI/c1-6-25-22(28(4)13-18-14-29(5)27-20(18)15(2)3)26-12-17(21(24)30)11-16-7-9-19(23)10-8-16;/h7-10,14-15,17H,6,11-13H2,1-5H3,(H2,24,30)(H,25,26);1H. The fourth-order valence-corrected chi connectivity index (χ4v) is 3.32. The van der Waals surface area contributed by atoms with E-state index in [1.54, 1.807) is 12.1 Å². The van der Waals surface area contributed by atoms with Gasteiger partial charge >= 0.3 is 0 Å². The third-order valence-electron chi connectivity index (χ3n) is 4.85. The first-order valence-corrected chi connectivity index (χ1v) is 10.3. The second-order valence-corrected chi connectivity index (χ2v) is 7.85. The first-order chi connectivity index (χ1) is 14.2. The Balaban J connectivity index is 0.00000480. The molecule has 0 bridgehead atoms. The number of aryl methyl sites for hydroxylation is 1. The highest BCUT2D eigenvalue weighted by Crippen LogP contribution is 2.18. The number of amides is 1. The van der Waals surface area contributed by atoms with Gasteiger partial charge in [0.05, 0.1) is 18.2 Å². The number of aliphatic imine (C=N–C) groups is 1. The van der Waals surface area contributed by atoms with E-state index < -0.39 is 11.8 Å². The molecule has 3 N–H and O–H groups in total. The van der Waals surface area contributed by atoms with Crippen LogP contribution >= 0.6 is 24.0 Å². The van der Waals surface area contributed by atoms with Gasteiger partial charge in [0.25, 0.3) is 0 Å². The van der Waals surface area contributed by atoms with Gasteiger partial charge in [-0.3, -0.25) is 14.5 Å². The van der Waals surface area contributed by atoms with Crippen LogP contribution in [0.2, 0.25) is 0 Å². The van der Waals surface area contributed by atoms with Crippen molar-refractivity contribution in [2.24, 2.45) is 23.7 Å². The Morgan fingerprint density at radius 3 is 2.52 bits per heavy atom. The minimum atomic E-state index is -0.470. The van der Waals surface area contributed by atoms with Gasteiger partial charge in [-0.1, -0.05) is 26.0 Å². The van der Waals surface area contributed by atoms with Crippen LogP contribution in [0.4, 0.5) is 4.39 Å². The van der Waals surface area contributed by atoms with E-state index in [9.17, 15) is 9.18 Å². The maximum atomic E-state index is 13.1. The Morgan fingerprint density at radius 2 is 1.97 bits per heavy atom. The van der Waals surface area contributed by atoms with Gasteiger partial charge in [-0.05, 0) is 37.0 Å². The molecule has 1 amide bonds. The molecule has 2 rings (SSSR count). The molecular weight excluding hydrogens is 510 g/mol. The summed E-state index contributed by atoms with van der Waals surface area (Å²) in [5, 5.41) is 7.83. The molecule has 0 saturated carbocycles. The lowest BCUT2D eigenvalue weighted by atomic mass is 9.99. The third-order valence-corrected chi connectivity index (χ3v) is 4.85. The van der Waals surface area contributed by atoms with Crippen LogP contribution in [0, 0.1) is 11.7 Å². The van der Waals surface area contributed by atoms with E-state index in [0.717, 1.165) is 16.8 Å². The molecule has 0 spiro atoms. The molecule has 0 saturated heterocycles. The van der Waals surface area contributed by atoms with Crippen LogP contribution in [0.1, 0.15) is 43.5 Å². The summed E-state index contributed by atoms with van der Waals surface area (Å²) in [5.41, 5.74) is 8.65. The number of guanidine groups is 1. The summed E-state index contributed by atoms with van der Waals surface area (Å²) in [6.07, 6.45) is 2.44. The van der Waals surface area contributed by atoms with Crippen molar-refractivity contribution in [1.82, 2.24) is 20.0 Å². The molecule has 2 aromatic rings. The van der Waals surface area contributed by atoms with E-state index in [2.05, 4.69) is 29.3 Å². The van der Waals surface area contributed by atoms with Crippen LogP contribution in [0.15, 0.2) is 35.5 Å². The molecule has 0 radical (unpaired) electrons. The highest BCUT2D eigenvalue weighted by atomic mass is 127. The van der Waals surface area contributed by atoms with Gasteiger partial charge in [-0.2, -0.15) is 5.10 Å². The zero-order valence-electron chi connectivity index (χ0n) is 18.9. The molecule has 172 valence electrons. The SMILES string of the molecule is CCNC(=NCC(Cc1ccc(F)cc1)C(N)=O)N(C)Cc1cn(C)nc1C(C)C.I. The van der Waals surface area contributed by atoms with Crippen LogP contribution < -0.4 is 11.1 Å². The molecule has 9 heteroatoms. The number of halogens is 2. The number of aromatic nitrogens is 2. The van der Waals surface area contributed by atoms with E-state index in [1.165, 1.54) is 12.1 Å². The summed E-state index contributed by atoms with van der Waals surface area (Å²) >= 11 is 0. The molecular formula is C22H34FIN6O. The quantitative estimate of drug-likeness (QED) is 0.289. The van der Waals surface area contributed by atoms with Crippen molar-refractivity contribution >= 4 is 35.8 Å². The number of nitrogens with one attached hydrogen (secondary N) is 1. The van der Waals surface area contributed by atoms with Gasteiger partial charge < -0.3 is 16.0 Å². The second-order valence-electron chi connectivity index (χ2n) is 7.85. The third kappa shape index (κ3) is 8.12. The maximum Gasteiger partial charge on any atom is 0.222 e. The molecule has 1 atom stereocenters. The molecule has 31 heavy (non-hydrogen) atoms. The molecule has 0 aliphatic rings. The van der Waals surface area contributed by atoms with E-state index >= 15 is 0 Å². The number of carbonyl (C=O) groups excluding carboxylic acids is 1. The fraction of sp³-hybridized carbons (Fsp3) is 0.500. The van der Waals surface area contributed by atoms with Gasteiger partial charge in [0.15, 0.2) is 5.96 Å². The molecule has 0 fully saturated rings. The molecule has 0 aliphatic heterocycles. The number of hydrogen-bond donors (Lipinski definition) is 2. The highest BCUT2D eigenvalue weighted by Gasteiger charge is 2.18. The lowest BCUT2D eigenvalue weighted by Gasteiger charge is -2.23. The van der Waals surface area contributed by atoms with Crippen molar-refractivity contribution in [2.45, 2.75) is 39.7 Å². The first kappa shape index (κ1) is 26.9. The number of hydrogen-bond acceptors (Lipinski definition) is 3. The van der Waals surface area contributed by atoms with Crippen LogP contribution in [0.5, 0.6) is 0 Å². The second kappa shape index (κ2) is 12.6. The molecule has 1 heterocycles. The smallest absolute Gasteiger partial charge is 0.222 e. The summed E-state index contributed by atoms with van der Waals surface area (Å²) in [6, 6.07) is 6.10. The zero-order chi connectivity index (χ0) is 22.3. The predicted octanol–water partition coefficient (Wildman–Crippen LogP) is 3.04. The Labute approximate surface area is 201 Å². The molecule has 7 nitrogen and oxygen atoms in total. The molecule has 0 aliphatic carbocycles. The number of nitrogens with zero attached hydrogens (tertiary/aromatic N) is 4. The maximum absolute atomic E-state index is 13.1. The summed E-state index contributed by atoms with van der Waals surface area (Å²) < 4.78 is 15.0. The van der Waals surface area contributed by atoms with E-state index in [4.69, 9.17) is 5.73 Å². The molecule has 1 aromatic carbocycles. The zero-order valence-corrected chi connectivity index (χ0v) is 21.3.